The Labute approximate surface area is 99.9 Å². The summed E-state index contributed by atoms with van der Waals surface area (Å²) in [6, 6.07) is 12.4. The van der Waals surface area contributed by atoms with Crippen molar-refractivity contribution < 1.29 is 9.18 Å². The van der Waals surface area contributed by atoms with E-state index in [0.717, 1.165) is 11.1 Å². The van der Waals surface area contributed by atoms with Crippen LogP contribution in [0, 0.1) is 5.82 Å². The summed E-state index contributed by atoms with van der Waals surface area (Å²) >= 11 is 0. The van der Waals surface area contributed by atoms with Gasteiger partial charge in [0.25, 0.3) is 0 Å². The Morgan fingerprint density at radius 2 is 1.88 bits per heavy atom. The smallest absolute Gasteiger partial charge is 0.150 e. The first-order chi connectivity index (χ1) is 8.26. The standard InChI is InChI=1S/C15H13FO/c1-2-11-8-14(12-6-4-3-5-7-12)15(16)9-13(11)10-17/h3-10H,2H2,1H3. The summed E-state index contributed by atoms with van der Waals surface area (Å²) in [7, 11) is 0. The van der Waals surface area contributed by atoms with Gasteiger partial charge in [-0.3, -0.25) is 4.79 Å². The summed E-state index contributed by atoms with van der Waals surface area (Å²) in [6.45, 7) is 1.95. The summed E-state index contributed by atoms with van der Waals surface area (Å²) in [5.41, 5.74) is 2.69. The number of benzene rings is 2. The molecule has 0 atom stereocenters. The van der Waals surface area contributed by atoms with Gasteiger partial charge in [0, 0.05) is 11.1 Å². The maximum Gasteiger partial charge on any atom is 0.150 e. The van der Waals surface area contributed by atoms with Gasteiger partial charge in [0.15, 0.2) is 0 Å². The molecular formula is C15H13FO. The van der Waals surface area contributed by atoms with Crippen molar-refractivity contribution >= 4 is 6.29 Å². The van der Waals surface area contributed by atoms with E-state index in [0.29, 0.717) is 23.8 Å². The zero-order valence-electron chi connectivity index (χ0n) is 9.61. The number of hydrogen-bond donors (Lipinski definition) is 0. The van der Waals surface area contributed by atoms with Crippen LogP contribution in [0.4, 0.5) is 4.39 Å². The fourth-order valence-corrected chi connectivity index (χ4v) is 1.89. The van der Waals surface area contributed by atoms with E-state index in [9.17, 15) is 9.18 Å². The summed E-state index contributed by atoms with van der Waals surface area (Å²) in [4.78, 5) is 10.8. The van der Waals surface area contributed by atoms with E-state index < -0.39 is 0 Å². The van der Waals surface area contributed by atoms with Crippen molar-refractivity contribution in [2.75, 3.05) is 0 Å². The van der Waals surface area contributed by atoms with Crippen molar-refractivity contribution in [2.24, 2.45) is 0 Å². The molecule has 0 bridgehead atoms. The van der Waals surface area contributed by atoms with Crippen molar-refractivity contribution in [1.82, 2.24) is 0 Å². The van der Waals surface area contributed by atoms with Gasteiger partial charge in [-0.15, -0.1) is 0 Å². The molecule has 2 heteroatoms. The van der Waals surface area contributed by atoms with Gasteiger partial charge in [-0.1, -0.05) is 37.3 Å². The van der Waals surface area contributed by atoms with Crippen LogP contribution in [-0.2, 0) is 6.42 Å². The Balaban J connectivity index is 2.59. The quantitative estimate of drug-likeness (QED) is 0.729. The first kappa shape index (κ1) is 11.5. The number of hydrogen-bond acceptors (Lipinski definition) is 1. The lowest BCUT2D eigenvalue weighted by Gasteiger charge is -2.08. The topological polar surface area (TPSA) is 17.1 Å². The largest absolute Gasteiger partial charge is 0.298 e. The third kappa shape index (κ3) is 2.26. The van der Waals surface area contributed by atoms with Crippen molar-refractivity contribution in [1.29, 1.82) is 0 Å². The minimum absolute atomic E-state index is 0.351. The first-order valence-corrected chi connectivity index (χ1v) is 5.59. The molecule has 2 aromatic carbocycles. The molecule has 0 aliphatic heterocycles. The molecule has 0 saturated carbocycles. The predicted molar refractivity (Wildman–Crippen MR) is 66.6 cm³/mol. The number of rotatable bonds is 3. The molecule has 0 spiro atoms. The Morgan fingerprint density at radius 1 is 1.18 bits per heavy atom. The van der Waals surface area contributed by atoms with Crippen molar-refractivity contribution in [2.45, 2.75) is 13.3 Å². The third-order valence-corrected chi connectivity index (χ3v) is 2.82. The fourth-order valence-electron chi connectivity index (χ4n) is 1.89. The Bertz CT molecular complexity index is 532. The Hall–Kier alpha value is -1.96. The average molecular weight is 228 g/mol. The van der Waals surface area contributed by atoms with Gasteiger partial charge >= 0.3 is 0 Å². The molecule has 0 radical (unpaired) electrons. The summed E-state index contributed by atoms with van der Waals surface area (Å²) < 4.78 is 13.9. The molecule has 17 heavy (non-hydrogen) atoms. The lowest BCUT2D eigenvalue weighted by atomic mass is 9.97. The van der Waals surface area contributed by atoms with E-state index in [1.807, 2.05) is 37.3 Å². The number of halogens is 1. The number of carbonyl (C=O) groups excluding carboxylic acids is 1. The SMILES string of the molecule is CCc1cc(-c2ccccc2)c(F)cc1C=O. The van der Waals surface area contributed by atoms with E-state index in [1.54, 1.807) is 6.07 Å². The van der Waals surface area contributed by atoms with Crippen LogP contribution in [0.5, 0.6) is 0 Å². The molecule has 0 heterocycles. The van der Waals surface area contributed by atoms with Crippen LogP contribution in [0.15, 0.2) is 42.5 Å². The Morgan fingerprint density at radius 3 is 2.47 bits per heavy atom. The summed E-state index contributed by atoms with van der Waals surface area (Å²) in [5, 5.41) is 0. The minimum atomic E-state index is -0.351. The lowest BCUT2D eigenvalue weighted by Crippen LogP contribution is -1.95. The van der Waals surface area contributed by atoms with Crippen molar-refractivity contribution in [3.63, 3.8) is 0 Å². The average Bonchev–Trinajstić information content (AvgIpc) is 2.39. The number of aldehydes is 1. The molecule has 0 fully saturated rings. The highest BCUT2D eigenvalue weighted by Crippen LogP contribution is 2.25. The second-order valence-corrected chi connectivity index (χ2v) is 3.87. The molecule has 0 unspecified atom stereocenters. The predicted octanol–water partition coefficient (Wildman–Crippen LogP) is 3.87. The first-order valence-electron chi connectivity index (χ1n) is 5.59. The molecule has 1 nitrogen and oxygen atoms in total. The van der Waals surface area contributed by atoms with Crippen LogP contribution in [0.25, 0.3) is 11.1 Å². The molecule has 0 aromatic heterocycles. The zero-order valence-corrected chi connectivity index (χ0v) is 9.61. The van der Waals surface area contributed by atoms with Gasteiger partial charge < -0.3 is 0 Å². The van der Waals surface area contributed by atoms with Crippen LogP contribution in [-0.4, -0.2) is 6.29 Å². The maximum atomic E-state index is 13.9. The van der Waals surface area contributed by atoms with E-state index in [-0.39, 0.29) is 5.82 Å². The highest BCUT2D eigenvalue weighted by atomic mass is 19.1. The summed E-state index contributed by atoms with van der Waals surface area (Å²) in [5.74, 6) is -0.351. The number of aryl methyl sites for hydroxylation is 1. The van der Waals surface area contributed by atoms with Gasteiger partial charge in [-0.2, -0.15) is 0 Å². The maximum absolute atomic E-state index is 13.9. The van der Waals surface area contributed by atoms with Gasteiger partial charge in [0.05, 0.1) is 0 Å². The second kappa shape index (κ2) is 4.91. The fraction of sp³-hybridized carbons (Fsp3) is 0.133. The zero-order chi connectivity index (χ0) is 12.3. The summed E-state index contributed by atoms with van der Waals surface area (Å²) in [6.07, 6.45) is 1.42. The molecule has 0 saturated heterocycles. The molecular weight excluding hydrogens is 215 g/mol. The molecule has 2 rings (SSSR count). The molecule has 86 valence electrons. The molecule has 0 aliphatic rings. The van der Waals surface area contributed by atoms with Crippen molar-refractivity contribution in [3.05, 3.63) is 59.4 Å². The van der Waals surface area contributed by atoms with E-state index in [2.05, 4.69) is 0 Å². The van der Waals surface area contributed by atoms with Gasteiger partial charge in [-0.25, -0.2) is 4.39 Å². The number of carbonyl (C=O) groups is 1. The normalized spacial score (nSPS) is 10.2. The molecule has 0 amide bonds. The van der Waals surface area contributed by atoms with Gasteiger partial charge in [-0.05, 0) is 29.7 Å². The van der Waals surface area contributed by atoms with Crippen LogP contribution < -0.4 is 0 Å². The van der Waals surface area contributed by atoms with Crippen molar-refractivity contribution in [3.8, 4) is 11.1 Å². The highest BCUT2D eigenvalue weighted by Gasteiger charge is 2.09. The molecule has 2 aromatic rings. The lowest BCUT2D eigenvalue weighted by molar-refractivity contribution is 0.112. The van der Waals surface area contributed by atoms with Gasteiger partial charge in [0.1, 0.15) is 12.1 Å². The second-order valence-electron chi connectivity index (χ2n) is 3.87. The molecule has 0 aliphatic carbocycles. The van der Waals surface area contributed by atoms with E-state index in [4.69, 9.17) is 0 Å². The van der Waals surface area contributed by atoms with Crippen LogP contribution in [0.2, 0.25) is 0 Å². The van der Waals surface area contributed by atoms with Crippen LogP contribution in [0.1, 0.15) is 22.8 Å². The van der Waals surface area contributed by atoms with E-state index in [1.165, 1.54) is 6.07 Å². The Kier molecular flexibility index (Phi) is 3.33. The van der Waals surface area contributed by atoms with Gasteiger partial charge in [0.2, 0.25) is 0 Å². The van der Waals surface area contributed by atoms with Crippen LogP contribution in [0.3, 0.4) is 0 Å². The highest BCUT2D eigenvalue weighted by molar-refractivity contribution is 5.80. The van der Waals surface area contributed by atoms with Crippen LogP contribution >= 0.6 is 0 Å². The minimum Gasteiger partial charge on any atom is -0.298 e. The molecule has 0 N–H and O–H groups in total. The third-order valence-electron chi connectivity index (χ3n) is 2.82. The van der Waals surface area contributed by atoms with E-state index >= 15 is 0 Å². The monoisotopic (exact) mass is 228 g/mol.